The van der Waals surface area contributed by atoms with Crippen LogP contribution >= 0.6 is 11.6 Å². The Labute approximate surface area is 117 Å². The third-order valence-electron chi connectivity index (χ3n) is 2.73. The number of ether oxygens (including phenoxy) is 1. The molecule has 1 aromatic heterocycles. The minimum Gasteiger partial charge on any atom is -0.455 e. The minimum absolute atomic E-state index is 0.426. The molecule has 0 aliphatic rings. The highest BCUT2D eigenvalue weighted by atomic mass is 35.5. The Kier molecular flexibility index (Phi) is 4.17. The molecule has 0 radical (unpaired) electrons. The predicted molar refractivity (Wildman–Crippen MR) is 75.3 cm³/mol. The van der Waals surface area contributed by atoms with E-state index in [4.69, 9.17) is 16.3 Å². The normalized spacial score (nSPS) is 10.3. The molecule has 0 aliphatic heterocycles. The molecule has 0 saturated heterocycles. The van der Waals surface area contributed by atoms with Crippen LogP contribution in [0.4, 0.5) is 0 Å². The first kappa shape index (κ1) is 13.6. The number of pyridine rings is 1. The lowest BCUT2D eigenvalue weighted by molar-refractivity contribution is 0.112. The largest absolute Gasteiger partial charge is 0.455 e. The molecule has 4 heteroatoms. The van der Waals surface area contributed by atoms with E-state index < -0.39 is 0 Å². The fraction of sp³-hybridized carbons (Fsp3) is 0.200. The maximum absolute atomic E-state index is 11.0. The van der Waals surface area contributed by atoms with Gasteiger partial charge in [0.05, 0.1) is 11.3 Å². The number of nitrogens with zero attached hydrogens (tertiary/aromatic N) is 1. The average Bonchev–Trinajstić information content (AvgIpc) is 2.42. The summed E-state index contributed by atoms with van der Waals surface area (Å²) in [7, 11) is 0. The molecule has 0 aliphatic carbocycles. The molecule has 98 valence electrons. The molecule has 2 rings (SSSR count). The standard InChI is InChI=1S/C15H14ClNO2/c1-3-13-15(6-4-10(2)17-13)19-14-7-5-12(16)8-11(14)9-18/h4-9H,3H2,1-2H3. The van der Waals surface area contributed by atoms with Crippen molar-refractivity contribution in [1.29, 1.82) is 0 Å². The number of aryl methyl sites for hydroxylation is 2. The highest BCUT2D eigenvalue weighted by molar-refractivity contribution is 6.30. The van der Waals surface area contributed by atoms with Gasteiger partial charge in [-0.1, -0.05) is 18.5 Å². The topological polar surface area (TPSA) is 39.2 Å². The second kappa shape index (κ2) is 5.85. The molecule has 0 bridgehead atoms. The van der Waals surface area contributed by atoms with E-state index in [2.05, 4.69) is 4.98 Å². The molecule has 0 amide bonds. The van der Waals surface area contributed by atoms with Gasteiger partial charge in [0.2, 0.25) is 0 Å². The van der Waals surface area contributed by atoms with E-state index >= 15 is 0 Å². The van der Waals surface area contributed by atoms with Gasteiger partial charge in [-0.3, -0.25) is 9.78 Å². The minimum atomic E-state index is 0.426. The van der Waals surface area contributed by atoms with Gasteiger partial charge in [0.1, 0.15) is 11.5 Å². The number of halogens is 1. The van der Waals surface area contributed by atoms with E-state index in [9.17, 15) is 4.79 Å². The summed E-state index contributed by atoms with van der Waals surface area (Å²) in [5, 5.41) is 0.507. The molecular formula is C15H14ClNO2. The van der Waals surface area contributed by atoms with Crippen molar-refractivity contribution in [3.8, 4) is 11.5 Å². The molecule has 0 fully saturated rings. The Morgan fingerprint density at radius 1 is 1.26 bits per heavy atom. The van der Waals surface area contributed by atoms with Crippen molar-refractivity contribution in [3.05, 3.63) is 52.3 Å². The summed E-state index contributed by atoms with van der Waals surface area (Å²) < 4.78 is 5.78. The van der Waals surface area contributed by atoms with Crippen LogP contribution < -0.4 is 4.74 Å². The van der Waals surface area contributed by atoms with Gasteiger partial charge in [-0.2, -0.15) is 0 Å². The monoisotopic (exact) mass is 275 g/mol. The Morgan fingerprint density at radius 2 is 2.00 bits per heavy atom. The first-order chi connectivity index (χ1) is 9.13. The van der Waals surface area contributed by atoms with Crippen LogP contribution in [0.5, 0.6) is 11.5 Å². The van der Waals surface area contributed by atoms with Crippen LogP contribution in [0, 0.1) is 6.92 Å². The zero-order valence-electron chi connectivity index (χ0n) is 10.8. The van der Waals surface area contributed by atoms with Crippen molar-refractivity contribution < 1.29 is 9.53 Å². The Balaban J connectivity index is 2.38. The van der Waals surface area contributed by atoms with E-state index in [1.165, 1.54) is 0 Å². The lowest BCUT2D eigenvalue weighted by atomic mass is 10.2. The summed E-state index contributed by atoms with van der Waals surface area (Å²) in [6, 6.07) is 8.70. The smallest absolute Gasteiger partial charge is 0.153 e. The number of aromatic nitrogens is 1. The van der Waals surface area contributed by atoms with Gasteiger partial charge in [-0.15, -0.1) is 0 Å². The van der Waals surface area contributed by atoms with Crippen LogP contribution in [-0.4, -0.2) is 11.3 Å². The number of hydrogen-bond donors (Lipinski definition) is 0. The Morgan fingerprint density at radius 3 is 2.68 bits per heavy atom. The summed E-state index contributed by atoms with van der Waals surface area (Å²) in [5.41, 5.74) is 2.23. The predicted octanol–water partition coefficient (Wildman–Crippen LogP) is 4.21. The first-order valence-electron chi connectivity index (χ1n) is 6.03. The van der Waals surface area contributed by atoms with Crippen molar-refractivity contribution in [2.24, 2.45) is 0 Å². The van der Waals surface area contributed by atoms with Gasteiger partial charge in [-0.05, 0) is 43.7 Å². The van der Waals surface area contributed by atoms with Crippen molar-refractivity contribution >= 4 is 17.9 Å². The van der Waals surface area contributed by atoms with Gasteiger partial charge in [0, 0.05) is 10.7 Å². The molecule has 3 nitrogen and oxygen atoms in total. The number of hydrogen-bond acceptors (Lipinski definition) is 3. The lowest BCUT2D eigenvalue weighted by Crippen LogP contribution is -1.97. The second-order valence-electron chi connectivity index (χ2n) is 4.15. The highest BCUT2D eigenvalue weighted by Crippen LogP contribution is 2.29. The molecule has 0 atom stereocenters. The van der Waals surface area contributed by atoms with Crippen LogP contribution in [0.2, 0.25) is 5.02 Å². The lowest BCUT2D eigenvalue weighted by Gasteiger charge is -2.11. The number of benzene rings is 1. The van der Waals surface area contributed by atoms with Gasteiger partial charge < -0.3 is 4.74 Å². The van der Waals surface area contributed by atoms with E-state index in [1.807, 2.05) is 26.0 Å². The van der Waals surface area contributed by atoms with Crippen LogP contribution in [0.1, 0.15) is 28.7 Å². The summed E-state index contributed by atoms with van der Waals surface area (Å²) in [6.07, 6.45) is 1.50. The molecular weight excluding hydrogens is 262 g/mol. The van der Waals surface area contributed by atoms with Gasteiger partial charge in [0.15, 0.2) is 6.29 Å². The first-order valence-corrected chi connectivity index (χ1v) is 6.41. The third-order valence-corrected chi connectivity index (χ3v) is 2.96. The van der Waals surface area contributed by atoms with E-state index in [0.717, 1.165) is 24.1 Å². The summed E-state index contributed by atoms with van der Waals surface area (Å²) in [4.78, 5) is 15.4. The molecule has 1 heterocycles. The number of rotatable bonds is 4. The zero-order valence-corrected chi connectivity index (χ0v) is 11.6. The number of carbonyl (C=O) groups excluding carboxylic acids is 1. The number of carbonyl (C=O) groups is 1. The van der Waals surface area contributed by atoms with E-state index in [0.29, 0.717) is 22.1 Å². The summed E-state index contributed by atoms with van der Waals surface area (Å²) in [6.45, 7) is 3.94. The van der Waals surface area contributed by atoms with Crippen molar-refractivity contribution in [2.75, 3.05) is 0 Å². The van der Waals surface area contributed by atoms with Crippen LogP contribution in [-0.2, 0) is 6.42 Å². The molecule has 0 N–H and O–H groups in total. The molecule has 1 aromatic carbocycles. The maximum atomic E-state index is 11.0. The molecule has 2 aromatic rings. The van der Waals surface area contributed by atoms with E-state index in [1.54, 1.807) is 18.2 Å². The van der Waals surface area contributed by atoms with Crippen molar-refractivity contribution in [3.63, 3.8) is 0 Å². The quantitative estimate of drug-likeness (QED) is 0.785. The second-order valence-corrected chi connectivity index (χ2v) is 4.59. The highest BCUT2D eigenvalue weighted by Gasteiger charge is 2.09. The Hall–Kier alpha value is -1.87. The van der Waals surface area contributed by atoms with Crippen LogP contribution in [0.15, 0.2) is 30.3 Å². The van der Waals surface area contributed by atoms with Crippen molar-refractivity contribution in [1.82, 2.24) is 4.98 Å². The third kappa shape index (κ3) is 3.12. The fourth-order valence-corrected chi connectivity index (χ4v) is 1.95. The van der Waals surface area contributed by atoms with Gasteiger partial charge in [0.25, 0.3) is 0 Å². The molecule has 0 spiro atoms. The van der Waals surface area contributed by atoms with Gasteiger partial charge >= 0.3 is 0 Å². The SMILES string of the molecule is CCc1nc(C)ccc1Oc1ccc(Cl)cc1C=O. The molecule has 0 unspecified atom stereocenters. The Bertz CT molecular complexity index is 611. The molecule has 19 heavy (non-hydrogen) atoms. The average molecular weight is 276 g/mol. The summed E-state index contributed by atoms with van der Waals surface area (Å²) in [5.74, 6) is 1.15. The maximum Gasteiger partial charge on any atom is 0.153 e. The van der Waals surface area contributed by atoms with Gasteiger partial charge in [-0.25, -0.2) is 0 Å². The fourth-order valence-electron chi connectivity index (χ4n) is 1.77. The van der Waals surface area contributed by atoms with E-state index in [-0.39, 0.29) is 0 Å². The van der Waals surface area contributed by atoms with Crippen LogP contribution in [0.25, 0.3) is 0 Å². The number of aldehydes is 1. The summed E-state index contributed by atoms with van der Waals surface area (Å²) >= 11 is 5.85. The van der Waals surface area contributed by atoms with Crippen LogP contribution in [0.3, 0.4) is 0 Å². The van der Waals surface area contributed by atoms with Crippen molar-refractivity contribution in [2.45, 2.75) is 20.3 Å². The molecule has 0 saturated carbocycles. The zero-order chi connectivity index (χ0) is 13.8.